The summed E-state index contributed by atoms with van der Waals surface area (Å²) in [6.45, 7) is 20.1. The molecule has 0 aliphatic rings. The van der Waals surface area contributed by atoms with Crippen LogP contribution in [-0.4, -0.2) is 50.6 Å². The quantitative estimate of drug-likeness (QED) is 0.348. The van der Waals surface area contributed by atoms with Gasteiger partial charge in [0, 0.05) is 5.79 Å². The van der Waals surface area contributed by atoms with Crippen LogP contribution < -0.4 is 0 Å². The Morgan fingerprint density at radius 2 is 1.38 bits per heavy atom. The molecule has 0 N–H and O–H groups in total. The largest absolute Gasteiger partial charge is 0.292 e. The van der Waals surface area contributed by atoms with Crippen molar-refractivity contribution < 1.29 is 0 Å². The van der Waals surface area contributed by atoms with Gasteiger partial charge >= 0.3 is 0 Å². The minimum atomic E-state index is -0.770. The first-order valence-corrected chi connectivity index (χ1v) is 9.38. The zero-order chi connectivity index (χ0) is 12.6. The summed E-state index contributed by atoms with van der Waals surface area (Å²) in [7, 11) is -0.770. The predicted octanol–water partition coefficient (Wildman–Crippen LogP) is 2.58. The van der Waals surface area contributed by atoms with Crippen molar-refractivity contribution in [2.24, 2.45) is 0 Å². The summed E-state index contributed by atoms with van der Waals surface area (Å²) in [4.78, 5) is 5.24. The van der Waals surface area contributed by atoms with E-state index in [0.717, 1.165) is 26.2 Å². The Kier molecular flexibility index (Phi) is 8.90. The van der Waals surface area contributed by atoms with E-state index >= 15 is 0 Å². The van der Waals surface area contributed by atoms with Crippen LogP contribution in [0.4, 0.5) is 0 Å². The maximum Gasteiger partial charge on any atom is 0.0759 e. The monoisotopic (exact) mass is 242 g/mol. The van der Waals surface area contributed by atoms with Gasteiger partial charge in [-0.05, 0) is 32.2 Å². The SMILES string of the molecule is C=CC[SiH](C)C(N(CC)CC)N(CC)CC. The Morgan fingerprint density at radius 3 is 1.62 bits per heavy atom. The fourth-order valence-electron chi connectivity index (χ4n) is 2.53. The molecule has 0 aliphatic heterocycles. The van der Waals surface area contributed by atoms with Gasteiger partial charge in [-0.25, -0.2) is 0 Å². The van der Waals surface area contributed by atoms with E-state index in [1.807, 2.05) is 0 Å². The molecule has 96 valence electrons. The highest BCUT2D eigenvalue weighted by Crippen LogP contribution is 2.13. The van der Waals surface area contributed by atoms with E-state index in [9.17, 15) is 0 Å². The molecule has 0 saturated heterocycles. The van der Waals surface area contributed by atoms with E-state index in [4.69, 9.17) is 0 Å². The molecule has 1 atom stereocenters. The van der Waals surface area contributed by atoms with Gasteiger partial charge in [-0.1, -0.05) is 40.3 Å². The highest BCUT2D eigenvalue weighted by Gasteiger charge is 2.26. The smallest absolute Gasteiger partial charge is 0.0759 e. The maximum absolute atomic E-state index is 3.90. The summed E-state index contributed by atoms with van der Waals surface area (Å²) < 4.78 is 0. The van der Waals surface area contributed by atoms with Crippen molar-refractivity contribution in [3.05, 3.63) is 12.7 Å². The molecule has 1 unspecified atom stereocenters. The Hall–Kier alpha value is -0.123. The summed E-state index contributed by atoms with van der Waals surface area (Å²) in [5.41, 5.74) is 0. The molecule has 16 heavy (non-hydrogen) atoms. The molecule has 0 bridgehead atoms. The minimum Gasteiger partial charge on any atom is -0.292 e. The van der Waals surface area contributed by atoms with Gasteiger partial charge in [0.15, 0.2) is 0 Å². The van der Waals surface area contributed by atoms with E-state index in [-0.39, 0.29) is 0 Å². The third-order valence-electron chi connectivity index (χ3n) is 3.42. The number of hydrogen-bond acceptors (Lipinski definition) is 2. The number of rotatable bonds is 9. The Balaban J connectivity index is 4.77. The molecule has 0 aromatic carbocycles. The zero-order valence-corrected chi connectivity index (χ0v) is 13.0. The average Bonchev–Trinajstić information content (AvgIpc) is 2.30. The molecule has 0 amide bonds. The Morgan fingerprint density at radius 1 is 1.00 bits per heavy atom. The molecule has 0 saturated carbocycles. The van der Waals surface area contributed by atoms with E-state index in [2.05, 4.69) is 56.7 Å². The van der Waals surface area contributed by atoms with Gasteiger partial charge < -0.3 is 0 Å². The molecule has 0 heterocycles. The topological polar surface area (TPSA) is 6.48 Å². The van der Waals surface area contributed by atoms with E-state index in [1.54, 1.807) is 0 Å². The van der Waals surface area contributed by atoms with Crippen molar-refractivity contribution in [3.8, 4) is 0 Å². The number of hydrogen-bond donors (Lipinski definition) is 0. The molecule has 0 radical (unpaired) electrons. The molecule has 0 rings (SSSR count). The van der Waals surface area contributed by atoms with Crippen LogP contribution in [0.3, 0.4) is 0 Å². The fraction of sp³-hybridized carbons (Fsp3) is 0.846. The van der Waals surface area contributed by atoms with E-state index in [1.165, 1.54) is 6.04 Å². The maximum atomic E-state index is 3.90. The standard InChI is InChI=1S/C13H30N2Si/c1-7-12-16(6)13(14(8-2)9-3)15(10-4)11-5/h7,13,16H,1,8-12H2,2-6H3. The van der Waals surface area contributed by atoms with Crippen LogP contribution in [-0.2, 0) is 0 Å². The van der Waals surface area contributed by atoms with Crippen LogP contribution in [0.25, 0.3) is 0 Å². The number of allylic oxidation sites excluding steroid dienone is 1. The highest BCUT2D eigenvalue weighted by molar-refractivity contribution is 6.59. The lowest BCUT2D eigenvalue weighted by Crippen LogP contribution is -2.55. The van der Waals surface area contributed by atoms with Gasteiger partial charge in [0.1, 0.15) is 0 Å². The molecule has 0 spiro atoms. The lowest BCUT2D eigenvalue weighted by Gasteiger charge is -2.41. The average molecular weight is 242 g/mol. The van der Waals surface area contributed by atoms with E-state index in [0.29, 0.717) is 5.79 Å². The Labute approximate surface area is 104 Å². The van der Waals surface area contributed by atoms with Crippen LogP contribution in [0.15, 0.2) is 12.7 Å². The second kappa shape index (κ2) is 8.96. The zero-order valence-electron chi connectivity index (χ0n) is 11.9. The molecule has 3 heteroatoms. The Bertz CT molecular complexity index is 165. The second-order valence-electron chi connectivity index (χ2n) is 4.36. The van der Waals surface area contributed by atoms with Gasteiger partial charge in [-0.3, -0.25) is 9.80 Å². The number of nitrogens with zero attached hydrogens (tertiary/aromatic N) is 2. The van der Waals surface area contributed by atoms with Crippen LogP contribution in [0, 0.1) is 0 Å². The lowest BCUT2D eigenvalue weighted by molar-refractivity contribution is 0.112. The molecule has 2 nitrogen and oxygen atoms in total. The van der Waals surface area contributed by atoms with Crippen molar-refractivity contribution in [2.45, 2.75) is 46.1 Å². The van der Waals surface area contributed by atoms with Crippen LogP contribution in [0.5, 0.6) is 0 Å². The summed E-state index contributed by atoms with van der Waals surface area (Å²) >= 11 is 0. The first-order chi connectivity index (χ1) is 7.65. The molecule has 0 aromatic rings. The van der Waals surface area contributed by atoms with Crippen molar-refractivity contribution in [1.82, 2.24) is 9.80 Å². The molecule has 0 aromatic heterocycles. The van der Waals surface area contributed by atoms with Crippen molar-refractivity contribution in [3.63, 3.8) is 0 Å². The molecule has 0 fully saturated rings. The molecular weight excluding hydrogens is 212 g/mol. The third-order valence-corrected chi connectivity index (χ3v) is 6.36. The van der Waals surface area contributed by atoms with E-state index < -0.39 is 8.80 Å². The minimum absolute atomic E-state index is 0.697. The molecular formula is C13H30N2Si. The van der Waals surface area contributed by atoms with Gasteiger partial charge in [-0.2, -0.15) is 0 Å². The van der Waals surface area contributed by atoms with Crippen molar-refractivity contribution in [1.29, 1.82) is 0 Å². The van der Waals surface area contributed by atoms with Crippen LogP contribution in [0.2, 0.25) is 12.6 Å². The summed E-state index contributed by atoms with van der Waals surface area (Å²) in [5.74, 6) is 0.697. The summed E-state index contributed by atoms with van der Waals surface area (Å²) in [6, 6.07) is 1.23. The first kappa shape index (κ1) is 15.9. The fourth-order valence-corrected chi connectivity index (χ4v) is 5.58. The van der Waals surface area contributed by atoms with Gasteiger partial charge in [0.25, 0.3) is 0 Å². The van der Waals surface area contributed by atoms with Gasteiger partial charge in [0.05, 0.1) is 8.80 Å². The normalized spacial score (nSPS) is 13.8. The van der Waals surface area contributed by atoms with Crippen molar-refractivity contribution >= 4 is 8.80 Å². The second-order valence-corrected chi connectivity index (χ2v) is 7.38. The summed E-state index contributed by atoms with van der Waals surface area (Å²) in [5, 5.41) is 0. The first-order valence-electron chi connectivity index (χ1n) is 6.75. The lowest BCUT2D eigenvalue weighted by atomic mass is 10.5. The van der Waals surface area contributed by atoms with Gasteiger partial charge in [-0.15, -0.1) is 6.58 Å². The highest BCUT2D eigenvalue weighted by atomic mass is 28.3. The van der Waals surface area contributed by atoms with Crippen LogP contribution in [0.1, 0.15) is 27.7 Å². The van der Waals surface area contributed by atoms with Crippen molar-refractivity contribution in [2.75, 3.05) is 26.2 Å². The summed E-state index contributed by atoms with van der Waals surface area (Å²) in [6.07, 6.45) is 2.11. The predicted molar refractivity (Wildman–Crippen MR) is 77.6 cm³/mol. The van der Waals surface area contributed by atoms with Gasteiger partial charge in [0.2, 0.25) is 0 Å². The third kappa shape index (κ3) is 4.40. The molecule has 0 aliphatic carbocycles. The van der Waals surface area contributed by atoms with Crippen LogP contribution >= 0.6 is 0 Å².